The number of hydrogen-bond acceptors (Lipinski definition) is 4. The van der Waals surface area contributed by atoms with Gasteiger partial charge in [-0.3, -0.25) is 4.79 Å². The maximum Gasteiger partial charge on any atom is 0.407 e. The van der Waals surface area contributed by atoms with E-state index in [2.05, 4.69) is 51.3 Å². The molecule has 3 aromatic rings. The number of benzene rings is 3. The molecule has 0 heterocycles. The Morgan fingerprint density at radius 1 is 0.767 bits per heavy atom. The number of carbonyl (C=O) groups is 2. The number of amides is 1. The number of hydrogen-bond donors (Lipinski definition) is 2. The van der Waals surface area contributed by atoms with Crippen molar-refractivity contribution in [2.45, 2.75) is 96.7 Å². The Morgan fingerprint density at radius 2 is 1.28 bits per heavy atom. The van der Waals surface area contributed by atoms with Crippen LogP contribution in [-0.4, -0.2) is 43.2 Å². The zero-order valence-electron chi connectivity index (χ0n) is 27.0. The lowest BCUT2D eigenvalue weighted by Gasteiger charge is -2.42. The van der Waals surface area contributed by atoms with Gasteiger partial charge in [0.1, 0.15) is 5.60 Å². The molecule has 0 radical (unpaired) electrons. The minimum absolute atomic E-state index is 0.111. The second-order valence-electron chi connectivity index (χ2n) is 13.9. The number of ether oxygens (including phenoxy) is 1. The minimum atomic E-state index is -2.37. The van der Waals surface area contributed by atoms with E-state index in [1.807, 2.05) is 93.6 Å². The van der Waals surface area contributed by atoms with Crippen LogP contribution in [0.3, 0.4) is 0 Å². The largest absolute Gasteiger partial charge is 0.481 e. The van der Waals surface area contributed by atoms with Gasteiger partial charge < -0.3 is 19.6 Å². The van der Waals surface area contributed by atoms with E-state index in [0.29, 0.717) is 12.8 Å². The minimum Gasteiger partial charge on any atom is -0.481 e. The first-order valence-electron chi connectivity index (χ1n) is 15.1. The molecule has 232 valence electrons. The first-order chi connectivity index (χ1) is 20.0. The normalized spacial score (nSPS) is 14.4. The van der Waals surface area contributed by atoms with Crippen LogP contribution < -0.4 is 5.32 Å². The van der Waals surface area contributed by atoms with Gasteiger partial charge in [0.15, 0.2) is 8.32 Å². The zero-order chi connectivity index (χ0) is 31.8. The van der Waals surface area contributed by atoms with Gasteiger partial charge in [-0.05, 0) is 80.4 Å². The van der Waals surface area contributed by atoms with E-state index in [1.165, 1.54) is 0 Å². The van der Waals surface area contributed by atoms with Gasteiger partial charge in [0.2, 0.25) is 0 Å². The van der Waals surface area contributed by atoms with Crippen molar-refractivity contribution in [3.8, 4) is 11.1 Å². The van der Waals surface area contributed by atoms with E-state index in [-0.39, 0.29) is 11.5 Å². The van der Waals surface area contributed by atoms with Crippen LogP contribution in [0, 0.1) is 5.92 Å². The zero-order valence-corrected chi connectivity index (χ0v) is 28.0. The maximum atomic E-state index is 13.1. The van der Waals surface area contributed by atoms with Crippen LogP contribution in [0.25, 0.3) is 11.1 Å². The molecule has 0 saturated carbocycles. The highest BCUT2D eigenvalue weighted by Crippen LogP contribution is 2.39. The summed E-state index contributed by atoms with van der Waals surface area (Å²) in [5.74, 6) is -1.59. The lowest BCUT2D eigenvalue weighted by molar-refractivity contribution is -0.142. The summed E-state index contributed by atoms with van der Waals surface area (Å²) >= 11 is 0. The Morgan fingerprint density at radius 3 is 1.79 bits per heavy atom. The molecule has 0 aliphatic carbocycles. The molecule has 0 spiro atoms. The van der Waals surface area contributed by atoms with Crippen molar-refractivity contribution in [3.63, 3.8) is 0 Å². The predicted molar refractivity (Wildman–Crippen MR) is 177 cm³/mol. The molecule has 43 heavy (non-hydrogen) atoms. The first-order valence-corrected chi connectivity index (χ1v) is 18.0. The van der Waals surface area contributed by atoms with Gasteiger partial charge in [-0.1, -0.05) is 106 Å². The molecule has 2 N–H and O–H groups in total. The van der Waals surface area contributed by atoms with E-state index in [1.54, 1.807) is 0 Å². The van der Waals surface area contributed by atoms with Crippen molar-refractivity contribution in [3.05, 3.63) is 96.1 Å². The number of carboxylic acids is 1. The molecule has 0 saturated heterocycles. The van der Waals surface area contributed by atoms with E-state index in [9.17, 15) is 14.7 Å². The highest BCUT2D eigenvalue weighted by atomic mass is 28.4. The van der Waals surface area contributed by atoms with Crippen molar-refractivity contribution in [1.82, 2.24) is 5.32 Å². The topological polar surface area (TPSA) is 84.9 Å². The molecule has 0 aromatic heterocycles. The molecule has 3 aromatic carbocycles. The van der Waals surface area contributed by atoms with Gasteiger partial charge in [0.25, 0.3) is 0 Å². The third-order valence-corrected chi connectivity index (χ3v) is 12.6. The third kappa shape index (κ3) is 10.7. The Balaban J connectivity index is 1.94. The highest BCUT2D eigenvalue weighted by molar-refractivity contribution is 6.74. The summed E-state index contributed by atoms with van der Waals surface area (Å²) in [6.45, 7) is 16.3. The second kappa shape index (κ2) is 14.4. The van der Waals surface area contributed by atoms with Gasteiger partial charge in [0, 0.05) is 0 Å². The molecule has 3 atom stereocenters. The smallest absolute Gasteiger partial charge is 0.407 e. The van der Waals surface area contributed by atoms with Gasteiger partial charge in [-0.2, -0.15) is 0 Å². The Labute approximate surface area is 259 Å². The SMILES string of the molecule is CC(C)(C)OC(=O)N[C@@H](Cc1ccccc1)[C@H](C[C@@H](Cc1ccc(-c2ccccc2)cc1)C(=O)O)O[Si](C)(C)C(C)(C)C. The molecular weight excluding hydrogens is 554 g/mol. The van der Waals surface area contributed by atoms with Crippen LogP contribution in [0.15, 0.2) is 84.9 Å². The van der Waals surface area contributed by atoms with Crippen LogP contribution in [0.5, 0.6) is 0 Å². The average Bonchev–Trinajstić information content (AvgIpc) is 2.91. The van der Waals surface area contributed by atoms with E-state index < -0.39 is 44.0 Å². The van der Waals surface area contributed by atoms with Crippen LogP contribution in [0.2, 0.25) is 18.1 Å². The summed E-state index contributed by atoms with van der Waals surface area (Å²) < 4.78 is 12.6. The second-order valence-corrected chi connectivity index (χ2v) is 18.7. The fourth-order valence-electron chi connectivity index (χ4n) is 4.75. The first kappa shape index (κ1) is 34.1. The number of nitrogens with one attached hydrogen (secondary N) is 1. The Kier molecular flexibility index (Phi) is 11.4. The fraction of sp³-hybridized carbons (Fsp3) is 0.444. The van der Waals surface area contributed by atoms with Gasteiger partial charge in [-0.25, -0.2) is 4.79 Å². The third-order valence-electron chi connectivity index (χ3n) is 8.11. The monoisotopic (exact) mass is 603 g/mol. The molecule has 0 bridgehead atoms. The summed E-state index contributed by atoms with van der Waals surface area (Å²) in [4.78, 5) is 25.8. The standard InChI is InChI=1S/C36H49NO5Si/c1-35(2,3)41-34(40)37-31(24-26-15-11-9-12-16-26)32(42-43(7,8)36(4,5)6)25-30(33(38)39)23-27-19-21-29(22-20-27)28-17-13-10-14-18-28/h9-22,30-32H,23-25H2,1-8H3,(H,37,40)(H,38,39)/t30-,31+,32+/m1/s1. The summed E-state index contributed by atoms with van der Waals surface area (Å²) in [5.41, 5.74) is 3.49. The highest BCUT2D eigenvalue weighted by Gasteiger charge is 2.42. The number of aliphatic carboxylic acids is 1. The number of rotatable bonds is 12. The molecule has 3 rings (SSSR count). The molecule has 0 aliphatic rings. The molecule has 7 heteroatoms. The van der Waals surface area contributed by atoms with Crippen LogP contribution in [0.4, 0.5) is 4.79 Å². The van der Waals surface area contributed by atoms with Crippen molar-refractivity contribution >= 4 is 20.4 Å². The van der Waals surface area contributed by atoms with Crippen LogP contribution in [-0.2, 0) is 26.8 Å². The maximum absolute atomic E-state index is 13.1. The predicted octanol–water partition coefficient (Wildman–Crippen LogP) is 8.51. The van der Waals surface area contributed by atoms with Crippen LogP contribution in [0.1, 0.15) is 59.1 Å². The molecule has 0 unspecified atom stereocenters. The molecule has 0 fully saturated rings. The van der Waals surface area contributed by atoms with Crippen LogP contribution >= 0.6 is 0 Å². The number of carboxylic acid groups (broad SMARTS) is 1. The molecule has 0 aliphatic heterocycles. The van der Waals surface area contributed by atoms with E-state index in [4.69, 9.17) is 9.16 Å². The number of carbonyl (C=O) groups excluding carboxylic acids is 1. The average molecular weight is 604 g/mol. The molecule has 6 nitrogen and oxygen atoms in total. The van der Waals surface area contributed by atoms with Crippen molar-refractivity contribution < 1.29 is 23.9 Å². The van der Waals surface area contributed by atoms with Crippen molar-refractivity contribution in [2.24, 2.45) is 5.92 Å². The summed E-state index contributed by atoms with van der Waals surface area (Å²) in [6.07, 6.45) is -0.00165. The molecular formula is C36H49NO5Si. The van der Waals surface area contributed by atoms with E-state index >= 15 is 0 Å². The van der Waals surface area contributed by atoms with Crippen molar-refractivity contribution in [1.29, 1.82) is 0 Å². The fourth-order valence-corrected chi connectivity index (χ4v) is 6.12. The Hall–Kier alpha value is -3.42. The van der Waals surface area contributed by atoms with Gasteiger partial charge >= 0.3 is 12.1 Å². The molecule has 1 amide bonds. The van der Waals surface area contributed by atoms with Crippen molar-refractivity contribution in [2.75, 3.05) is 0 Å². The summed E-state index contributed by atoms with van der Waals surface area (Å²) in [5, 5.41) is 13.4. The van der Waals surface area contributed by atoms with Gasteiger partial charge in [0.05, 0.1) is 18.1 Å². The van der Waals surface area contributed by atoms with E-state index in [0.717, 1.165) is 22.3 Å². The number of alkyl carbamates (subject to hydrolysis) is 1. The summed E-state index contributed by atoms with van der Waals surface area (Å²) in [7, 11) is -2.37. The quantitative estimate of drug-likeness (QED) is 0.203. The van der Waals surface area contributed by atoms with Gasteiger partial charge in [-0.15, -0.1) is 0 Å². The Bertz CT molecular complexity index is 1310. The lowest BCUT2D eigenvalue weighted by Crippen LogP contribution is -2.54. The summed E-state index contributed by atoms with van der Waals surface area (Å²) in [6, 6.07) is 27.6. The lowest BCUT2D eigenvalue weighted by atomic mass is 9.89.